The van der Waals surface area contributed by atoms with E-state index in [0.29, 0.717) is 0 Å². The van der Waals surface area contributed by atoms with Crippen LogP contribution in [0.5, 0.6) is 0 Å². The molecule has 1 heterocycles. The summed E-state index contributed by atoms with van der Waals surface area (Å²) in [6.07, 6.45) is 0. The van der Waals surface area contributed by atoms with Crippen LogP contribution in [0.1, 0.15) is 29.8 Å². The van der Waals surface area contributed by atoms with Gasteiger partial charge in [-0.05, 0) is 24.5 Å². The monoisotopic (exact) mass is 246 g/mol. The molecular formula is C15H22N2O. The molecule has 0 unspecified atom stereocenters. The predicted molar refractivity (Wildman–Crippen MR) is 73.7 cm³/mol. The Kier molecular flexibility index (Phi) is 3.71. The summed E-state index contributed by atoms with van der Waals surface area (Å²) in [6.45, 7) is 9.86. The second-order valence-electron chi connectivity index (χ2n) is 5.93. The molecule has 0 atom stereocenters. The number of carbonyl (C=O) groups excluding carboxylic acids is 1. The Morgan fingerprint density at radius 1 is 1.28 bits per heavy atom. The molecule has 2 rings (SSSR count). The van der Waals surface area contributed by atoms with E-state index in [-0.39, 0.29) is 11.3 Å². The first-order valence-corrected chi connectivity index (χ1v) is 6.55. The first-order chi connectivity index (χ1) is 8.48. The number of carbonyl (C=O) groups is 1. The molecule has 3 heteroatoms. The van der Waals surface area contributed by atoms with Crippen molar-refractivity contribution in [1.82, 2.24) is 10.2 Å². The minimum absolute atomic E-state index is 0.136. The second-order valence-corrected chi connectivity index (χ2v) is 5.93. The maximum Gasteiger partial charge on any atom is 0.253 e. The third kappa shape index (κ3) is 3.10. The van der Waals surface area contributed by atoms with E-state index in [1.165, 1.54) is 5.56 Å². The molecule has 1 amide bonds. The van der Waals surface area contributed by atoms with Crippen molar-refractivity contribution in [3.8, 4) is 0 Å². The summed E-state index contributed by atoms with van der Waals surface area (Å²) in [5.74, 6) is 0.145. The number of hydrogen-bond acceptors (Lipinski definition) is 2. The highest BCUT2D eigenvalue weighted by Gasteiger charge is 2.27. The number of aryl methyl sites for hydroxylation is 1. The van der Waals surface area contributed by atoms with E-state index in [4.69, 9.17) is 0 Å². The van der Waals surface area contributed by atoms with Gasteiger partial charge in [-0.15, -0.1) is 0 Å². The van der Waals surface area contributed by atoms with Crippen molar-refractivity contribution in [3.63, 3.8) is 0 Å². The van der Waals surface area contributed by atoms with Crippen LogP contribution >= 0.6 is 0 Å². The van der Waals surface area contributed by atoms with Crippen LogP contribution in [0, 0.1) is 12.3 Å². The summed E-state index contributed by atoms with van der Waals surface area (Å²) in [5.41, 5.74) is 2.11. The summed E-state index contributed by atoms with van der Waals surface area (Å²) in [4.78, 5) is 14.4. The van der Waals surface area contributed by atoms with Crippen LogP contribution in [-0.4, -0.2) is 37.0 Å². The van der Waals surface area contributed by atoms with Crippen molar-refractivity contribution < 1.29 is 4.79 Å². The van der Waals surface area contributed by atoms with E-state index in [1.54, 1.807) is 0 Å². The maximum absolute atomic E-state index is 12.4. The van der Waals surface area contributed by atoms with E-state index in [9.17, 15) is 4.79 Å². The van der Waals surface area contributed by atoms with Gasteiger partial charge < -0.3 is 10.2 Å². The third-order valence-electron chi connectivity index (χ3n) is 3.37. The van der Waals surface area contributed by atoms with Crippen molar-refractivity contribution in [3.05, 3.63) is 35.4 Å². The minimum atomic E-state index is 0.136. The number of rotatable bonds is 1. The topological polar surface area (TPSA) is 32.3 Å². The minimum Gasteiger partial charge on any atom is -0.337 e. The van der Waals surface area contributed by atoms with Gasteiger partial charge in [0.25, 0.3) is 5.91 Å². The molecule has 1 saturated heterocycles. The highest BCUT2D eigenvalue weighted by Crippen LogP contribution is 2.19. The van der Waals surface area contributed by atoms with Gasteiger partial charge in [0.1, 0.15) is 0 Å². The van der Waals surface area contributed by atoms with Gasteiger partial charge in [0, 0.05) is 31.7 Å². The van der Waals surface area contributed by atoms with Gasteiger partial charge >= 0.3 is 0 Å². The van der Waals surface area contributed by atoms with Crippen molar-refractivity contribution in [2.45, 2.75) is 20.8 Å². The number of nitrogens with one attached hydrogen (secondary N) is 1. The van der Waals surface area contributed by atoms with Gasteiger partial charge in [-0.1, -0.05) is 31.5 Å². The summed E-state index contributed by atoms with van der Waals surface area (Å²) >= 11 is 0. The first kappa shape index (κ1) is 13.1. The number of amides is 1. The SMILES string of the molecule is Cc1ccc(C(=O)N2CCNCC(C)(C)C2)cc1. The Balaban J connectivity index is 2.14. The standard InChI is InChI=1S/C15H22N2O/c1-12-4-6-13(7-5-12)14(18)17-9-8-16-10-15(2,3)11-17/h4-7,16H,8-11H2,1-3H3. The van der Waals surface area contributed by atoms with E-state index >= 15 is 0 Å². The molecule has 0 aromatic heterocycles. The Hall–Kier alpha value is -1.35. The van der Waals surface area contributed by atoms with Crippen LogP contribution in [0.25, 0.3) is 0 Å². The fourth-order valence-electron chi connectivity index (χ4n) is 2.34. The quantitative estimate of drug-likeness (QED) is 0.822. The summed E-state index contributed by atoms with van der Waals surface area (Å²) < 4.78 is 0. The zero-order chi connectivity index (χ0) is 13.2. The molecule has 0 spiro atoms. The van der Waals surface area contributed by atoms with E-state index in [2.05, 4.69) is 19.2 Å². The van der Waals surface area contributed by atoms with Gasteiger partial charge in [0.2, 0.25) is 0 Å². The van der Waals surface area contributed by atoms with Gasteiger partial charge in [-0.2, -0.15) is 0 Å². The fourth-order valence-corrected chi connectivity index (χ4v) is 2.34. The van der Waals surface area contributed by atoms with Crippen LogP contribution in [-0.2, 0) is 0 Å². The fraction of sp³-hybridized carbons (Fsp3) is 0.533. The predicted octanol–water partition coefficient (Wildman–Crippen LogP) is 2.07. The van der Waals surface area contributed by atoms with Gasteiger partial charge in [-0.25, -0.2) is 0 Å². The molecule has 0 bridgehead atoms. The highest BCUT2D eigenvalue weighted by atomic mass is 16.2. The lowest BCUT2D eigenvalue weighted by Crippen LogP contribution is -2.39. The van der Waals surface area contributed by atoms with Crippen LogP contribution < -0.4 is 5.32 Å². The average Bonchev–Trinajstić information content (AvgIpc) is 2.50. The molecule has 1 aromatic rings. The Bertz CT molecular complexity index is 423. The molecule has 3 nitrogen and oxygen atoms in total. The average molecular weight is 246 g/mol. The number of nitrogens with zero attached hydrogens (tertiary/aromatic N) is 1. The van der Waals surface area contributed by atoms with Crippen LogP contribution in [0.2, 0.25) is 0 Å². The zero-order valence-electron chi connectivity index (χ0n) is 11.5. The molecule has 1 aromatic carbocycles. The Labute approximate surface area is 109 Å². The van der Waals surface area contributed by atoms with E-state index in [0.717, 1.165) is 31.7 Å². The third-order valence-corrected chi connectivity index (χ3v) is 3.37. The molecule has 98 valence electrons. The maximum atomic E-state index is 12.4. The molecule has 1 aliphatic heterocycles. The van der Waals surface area contributed by atoms with Crippen molar-refractivity contribution >= 4 is 5.91 Å². The molecule has 18 heavy (non-hydrogen) atoms. The molecular weight excluding hydrogens is 224 g/mol. The second kappa shape index (κ2) is 5.11. The lowest BCUT2D eigenvalue weighted by molar-refractivity contribution is 0.0717. The molecule has 0 radical (unpaired) electrons. The van der Waals surface area contributed by atoms with Crippen LogP contribution in [0.3, 0.4) is 0 Å². The van der Waals surface area contributed by atoms with Crippen molar-refractivity contribution in [2.75, 3.05) is 26.2 Å². The van der Waals surface area contributed by atoms with E-state index in [1.807, 2.05) is 36.1 Å². The zero-order valence-corrected chi connectivity index (χ0v) is 11.5. The van der Waals surface area contributed by atoms with Crippen molar-refractivity contribution in [1.29, 1.82) is 0 Å². The molecule has 1 aliphatic rings. The normalized spacial score (nSPS) is 19.4. The first-order valence-electron chi connectivity index (χ1n) is 6.55. The summed E-state index contributed by atoms with van der Waals surface area (Å²) in [5, 5.41) is 3.39. The lowest BCUT2D eigenvalue weighted by Gasteiger charge is -2.29. The Morgan fingerprint density at radius 2 is 1.94 bits per heavy atom. The number of benzene rings is 1. The van der Waals surface area contributed by atoms with Crippen LogP contribution in [0.4, 0.5) is 0 Å². The summed E-state index contributed by atoms with van der Waals surface area (Å²) in [6, 6.07) is 7.83. The van der Waals surface area contributed by atoms with Gasteiger partial charge in [0.05, 0.1) is 0 Å². The molecule has 0 saturated carbocycles. The smallest absolute Gasteiger partial charge is 0.253 e. The molecule has 1 fully saturated rings. The highest BCUT2D eigenvalue weighted by molar-refractivity contribution is 5.94. The van der Waals surface area contributed by atoms with E-state index < -0.39 is 0 Å². The van der Waals surface area contributed by atoms with Gasteiger partial charge in [0.15, 0.2) is 0 Å². The van der Waals surface area contributed by atoms with Crippen molar-refractivity contribution in [2.24, 2.45) is 5.41 Å². The van der Waals surface area contributed by atoms with Gasteiger partial charge in [-0.3, -0.25) is 4.79 Å². The lowest BCUT2D eigenvalue weighted by atomic mass is 9.93. The van der Waals surface area contributed by atoms with Crippen LogP contribution in [0.15, 0.2) is 24.3 Å². The Morgan fingerprint density at radius 3 is 2.61 bits per heavy atom. The number of hydrogen-bond donors (Lipinski definition) is 1. The summed E-state index contributed by atoms with van der Waals surface area (Å²) in [7, 11) is 0. The largest absolute Gasteiger partial charge is 0.337 e. The molecule has 1 N–H and O–H groups in total. The molecule has 0 aliphatic carbocycles.